The van der Waals surface area contributed by atoms with Crippen molar-refractivity contribution in [1.29, 1.82) is 5.26 Å². The third-order valence-corrected chi connectivity index (χ3v) is 7.61. The van der Waals surface area contributed by atoms with Gasteiger partial charge in [0.1, 0.15) is 5.60 Å². The van der Waals surface area contributed by atoms with Crippen molar-refractivity contribution < 1.29 is 23.1 Å². The summed E-state index contributed by atoms with van der Waals surface area (Å²) in [4.78, 5) is 16.5. The number of nitrogens with zero attached hydrogens (tertiary/aromatic N) is 3. The third kappa shape index (κ3) is 5.31. The van der Waals surface area contributed by atoms with Crippen LogP contribution >= 0.6 is 0 Å². The van der Waals surface area contributed by atoms with Crippen molar-refractivity contribution >= 4 is 15.9 Å². The number of sulfone groups is 1. The van der Waals surface area contributed by atoms with Crippen LogP contribution in [0.4, 0.5) is 4.79 Å². The monoisotopic (exact) mass is 435 g/mol. The molecule has 1 aromatic carbocycles. The van der Waals surface area contributed by atoms with E-state index >= 15 is 0 Å². The highest BCUT2D eigenvalue weighted by Crippen LogP contribution is 2.32. The molecule has 8 nitrogen and oxygen atoms in total. The van der Waals surface area contributed by atoms with Gasteiger partial charge in [0.05, 0.1) is 28.9 Å². The van der Waals surface area contributed by atoms with Crippen molar-refractivity contribution in [3.05, 3.63) is 29.8 Å². The second-order valence-corrected chi connectivity index (χ2v) is 10.9. The number of ether oxygens (including phenoxy) is 1. The Morgan fingerprint density at radius 2 is 1.80 bits per heavy atom. The molecule has 9 heteroatoms. The molecule has 0 radical (unpaired) electrons. The van der Waals surface area contributed by atoms with E-state index in [9.17, 15) is 18.3 Å². The highest BCUT2D eigenvalue weighted by atomic mass is 32.2. The molecule has 2 unspecified atom stereocenters. The minimum Gasteiger partial charge on any atom is -0.441 e. The molecule has 2 fully saturated rings. The lowest BCUT2D eigenvalue weighted by Gasteiger charge is -2.27. The summed E-state index contributed by atoms with van der Waals surface area (Å²) in [6, 6.07) is 8.00. The Kier molecular flexibility index (Phi) is 6.70. The molecule has 3 rings (SSSR count). The molecular weight excluding hydrogens is 406 g/mol. The van der Waals surface area contributed by atoms with Gasteiger partial charge in [-0.2, -0.15) is 5.26 Å². The summed E-state index contributed by atoms with van der Waals surface area (Å²) in [5, 5.41) is 18.1. The van der Waals surface area contributed by atoms with Crippen molar-refractivity contribution in [2.75, 3.05) is 45.1 Å². The van der Waals surface area contributed by atoms with Crippen LogP contribution in [0.3, 0.4) is 0 Å². The van der Waals surface area contributed by atoms with E-state index in [0.29, 0.717) is 43.5 Å². The maximum atomic E-state index is 12.5. The van der Waals surface area contributed by atoms with Gasteiger partial charge in [0.25, 0.3) is 0 Å². The molecule has 2 aliphatic rings. The van der Waals surface area contributed by atoms with Gasteiger partial charge in [-0.15, -0.1) is 0 Å². The molecule has 0 spiro atoms. The fraction of sp³-hybridized carbons (Fsp3) is 0.619. The van der Waals surface area contributed by atoms with E-state index in [1.54, 1.807) is 18.7 Å². The minimum atomic E-state index is -3.36. The van der Waals surface area contributed by atoms with Gasteiger partial charge >= 0.3 is 6.09 Å². The molecule has 1 aromatic rings. The summed E-state index contributed by atoms with van der Waals surface area (Å²) in [6.45, 7) is 6.77. The maximum absolute atomic E-state index is 12.5. The zero-order valence-electron chi connectivity index (χ0n) is 17.5. The van der Waals surface area contributed by atoms with Gasteiger partial charge in [-0.1, -0.05) is 0 Å². The number of benzene rings is 1. The van der Waals surface area contributed by atoms with Crippen LogP contribution < -0.4 is 0 Å². The van der Waals surface area contributed by atoms with Crippen LogP contribution in [0.25, 0.3) is 0 Å². The number of aliphatic hydroxyl groups is 1. The van der Waals surface area contributed by atoms with E-state index < -0.39 is 15.4 Å². The van der Waals surface area contributed by atoms with Gasteiger partial charge in [0, 0.05) is 26.2 Å². The lowest BCUT2D eigenvalue weighted by molar-refractivity contribution is -0.0191. The zero-order chi connectivity index (χ0) is 21.9. The van der Waals surface area contributed by atoms with Crippen LogP contribution in [0.15, 0.2) is 29.2 Å². The van der Waals surface area contributed by atoms with Gasteiger partial charge < -0.3 is 19.6 Å². The summed E-state index contributed by atoms with van der Waals surface area (Å²) < 4.78 is 30.3. The second kappa shape index (κ2) is 8.92. The number of carbonyl (C=O) groups is 1. The third-order valence-electron chi connectivity index (χ3n) is 5.79. The summed E-state index contributed by atoms with van der Waals surface area (Å²) in [6.07, 6.45) is 0.154. The van der Waals surface area contributed by atoms with Gasteiger partial charge in [-0.05, 0) is 62.9 Å². The maximum Gasteiger partial charge on any atom is 0.410 e. The van der Waals surface area contributed by atoms with Crippen molar-refractivity contribution in [2.45, 2.75) is 30.8 Å². The predicted molar refractivity (Wildman–Crippen MR) is 110 cm³/mol. The smallest absolute Gasteiger partial charge is 0.410 e. The van der Waals surface area contributed by atoms with Crippen LogP contribution in [0.5, 0.6) is 0 Å². The van der Waals surface area contributed by atoms with E-state index in [-0.39, 0.29) is 23.3 Å². The molecule has 164 valence electrons. The number of carbonyl (C=O) groups excluding carboxylic acids is 1. The first-order valence-corrected chi connectivity index (χ1v) is 11.8. The first-order chi connectivity index (χ1) is 14.1. The Labute approximate surface area is 178 Å². The first kappa shape index (κ1) is 22.5. The zero-order valence-corrected chi connectivity index (χ0v) is 18.3. The van der Waals surface area contributed by atoms with Crippen molar-refractivity contribution in [3.63, 3.8) is 0 Å². The van der Waals surface area contributed by atoms with Gasteiger partial charge in [0.15, 0.2) is 9.84 Å². The summed E-state index contributed by atoms with van der Waals surface area (Å²) >= 11 is 0. The minimum absolute atomic E-state index is 0.0689. The number of aliphatic hydroxyl groups excluding tert-OH is 1. The second-order valence-electron chi connectivity index (χ2n) is 8.78. The molecule has 2 saturated heterocycles. The Balaban J connectivity index is 1.44. The van der Waals surface area contributed by atoms with E-state index in [2.05, 4.69) is 4.90 Å². The largest absolute Gasteiger partial charge is 0.441 e. The van der Waals surface area contributed by atoms with Crippen LogP contribution in [-0.4, -0.2) is 80.1 Å². The quantitative estimate of drug-likeness (QED) is 0.691. The number of amides is 1. The van der Waals surface area contributed by atoms with Crippen molar-refractivity contribution in [1.82, 2.24) is 9.80 Å². The Morgan fingerprint density at radius 3 is 2.33 bits per heavy atom. The fourth-order valence-corrected chi connectivity index (χ4v) is 5.38. The average Bonchev–Trinajstić information content (AvgIpc) is 3.26. The average molecular weight is 436 g/mol. The summed E-state index contributed by atoms with van der Waals surface area (Å²) in [7, 11) is -3.36. The Bertz CT molecular complexity index is 894. The van der Waals surface area contributed by atoms with Crippen LogP contribution in [0, 0.1) is 23.2 Å². The van der Waals surface area contributed by atoms with E-state index in [1.165, 1.54) is 24.3 Å². The van der Waals surface area contributed by atoms with Crippen molar-refractivity contribution in [2.24, 2.45) is 11.8 Å². The highest BCUT2D eigenvalue weighted by Gasteiger charge is 2.42. The Morgan fingerprint density at radius 1 is 1.20 bits per heavy atom. The standard InChI is InChI=1S/C21H29N3O5S/c1-21(2,15-25)29-20(26)24-13-17-11-23(12-18(17)14-24)8-3-9-30(27,28)19-6-4-16(10-22)5-7-19/h4-7,17-18,25H,3,8-9,11-15H2,1-2H3. The number of hydrogen-bond donors (Lipinski definition) is 1. The molecule has 0 aliphatic carbocycles. The van der Waals surface area contributed by atoms with Gasteiger partial charge in [0.2, 0.25) is 0 Å². The molecule has 2 aliphatic heterocycles. The molecule has 2 heterocycles. The number of nitriles is 1. The molecule has 1 N–H and O–H groups in total. The highest BCUT2D eigenvalue weighted by molar-refractivity contribution is 7.91. The predicted octanol–water partition coefficient (Wildman–Crippen LogP) is 1.49. The fourth-order valence-electron chi connectivity index (χ4n) is 4.09. The van der Waals surface area contributed by atoms with Crippen LogP contribution in [0.1, 0.15) is 25.8 Å². The SMILES string of the molecule is CC(C)(CO)OC(=O)N1CC2CN(CCCS(=O)(=O)c3ccc(C#N)cc3)CC2C1. The molecule has 30 heavy (non-hydrogen) atoms. The number of likely N-dealkylation sites (tertiary alicyclic amines) is 2. The van der Waals surface area contributed by atoms with Gasteiger partial charge in [-0.25, -0.2) is 13.2 Å². The number of rotatable bonds is 7. The number of hydrogen-bond acceptors (Lipinski definition) is 7. The topological polar surface area (TPSA) is 111 Å². The molecule has 0 bridgehead atoms. The van der Waals surface area contributed by atoms with Gasteiger partial charge in [-0.3, -0.25) is 0 Å². The molecule has 2 atom stereocenters. The summed E-state index contributed by atoms with van der Waals surface area (Å²) in [5.74, 6) is 0.800. The van der Waals surface area contributed by atoms with Crippen LogP contribution in [-0.2, 0) is 14.6 Å². The lowest BCUT2D eigenvalue weighted by atomic mass is 10.0. The van der Waals surface area contributed by atoms with E-state index in [0.717, 1.165) is 13.1 Å². The molecule has 1 amide bonds. The molecular formula is C21H29N3O5S. The lowest BCUT2D eigenvalue weighted by Crippen LogP contribution is -2.40. The summed E-state index contributed by atoms with van der Waals surface area (Å²) in [5.41, 5.74) is -0.447. The van der Waals surface area contributed by atoms with Crippen molar-refractivity contribution in [3.8, 4) is 6.07 Å². The van der Waals surface area contributed by atoms with Crippen LogP contribution in [0.2, 0.25) is 0 Å². The molecule has 0 saturated carbocycles. The normalized spacial score (nSPS) is 22.0. The molecule has 0 aromatic heterocycles. The van der Waals surface area contributed by atoms with E-state index in [1.807, 2.05) is 6.07 Å². The first-order valence-electron chi connectivity index (χ1n) is 10.2. The Hall–Kier alpha value is -2.15. The van der Waals surface area contributed by atoms with E-state index in [4.69, 9.17) is 10.00 Å². The number of fused-ring (bicyclic) bond motifs is 1.